The van der Waals surface area contributed by atoms with E-state index >= 15 is 0 Å². The van der Waals surface area contributed by atoms with Crippen LogP contribution in [0.1, 0.15) is 34.1 Å². The van der Waals surface area contributed by atoms with Crippen LogP contribution in [0.25, 0.3) is 0 Å². The number of aryl methyl sites for hydroxylation is 3. The topological polar surface area (TPSA) is 64.7 Å². The molecule has 0 saturated carbocycles. The Hall–Kier alpha value is -2.89. The van der Waals surface area contributed by atoms with Gasteiger partial charge in [0.2, 0.25) is 0 Å². The summed E-state index contributed by atoms with van der Waals surface area (Å²) in [5.41, 5.74) is 1.94. The smallest absolute Gasteiger partial charge is 0.268 e. The molecule has 4 rings (SSSR count). The molecule has 0 atom stereocenters. The van der Waals surface area contributed by atoms with Gasteiger partial charge in [0.05, 0.1) is 6.54 Å². The Balaban J connectivity index is 1.38. The van der Waals surface area contributed by atoms with Crippen LogP contribution < -0.4 is 5.32 Å². The van der Waals surface area contributed by atoms with E-state index in [1.165, 1.54) is 5.56 Å². The Kier molecular flexibility index (Phi) is 4.33. The van der Waals surface area contributed by atoms with Crippen molar-refractivity contribution < 1.29 is 4.79 Å². The predicted molar refractivity (Wildman–Crippen MR) is 94.1 cm³/mol. The largest absolute Gasteiger partial charge is 0.343 e. The highest BCUT2D eigenvalue weighted by molar-refractivity contribution is 5.92. The summed E-state index contributed by atoms with van der Waals surface area (Å²) in [6.45, 7) is 2.14. The van der Waals surface area contributed by atoms with Crippen molar-refractivity contribution in [2.75, 3.05) is 0 Å². The number of benzene rings is 1. The molecule has 128 valence electrons. The second-order valence-corrected chi connectivity index (χ2v) is 6.29. The summed E-state index contributed by atoms with van der Waals surface area (Å²) in [7, 11) is 0. The lowest BCUT2D eigenvalue weighted by molar-refractivity contribution is 0.0940. The van der Waals surface area contributed by atoms with Crippen LogP contribution in [-0.4, -0.2) is 25.2 Å². The summed E-state index contributed by atoms with van der Waals surface area (Å²) in [6, 6.07) is 14.1. The minimum Gasteiger partial charge on any atom is -0.343 e. The van der Waals surface area contributed by atoms with E-state index in [0.717, 1.165) is 44.0 Å². The molecule has 6 nitrogen and oxygen atoms in total. The summed E-state index contributed by atoms with van der Waals surface area (Å²) >= 11 is 0. The highest BCUT2D eigenvalue weighted by Gasteiger charge is 2.18. The monoisotopic (exact) mass is 335 g/mol. The fraction of sp³-hybridized carbons (Fsp3) is 0.316. The van der Waals surface area contributed by atoms with Crippen LogP contribution in [0.2, 0.25) is 0 Å². The summed E-state index contributed by atoms with van der Waals surface area (Å²) < 4.78 is 4.10. The van der Waals surface area contributed by atoms with Crippen molar-refractivity contribution in [1.29, 1.82) is 0 Å². The zero-order chi connectivity index (χ0) is 17.1. The maximum Gasteiger partial charge on any atom is 0.268 e. The molecule has 0 unspecified atom stereocenters. The quantitative estimate of drug-likeness (QED) is 0.751. The first-order valence-corrected chi connectivity index (χ1v) is 8.69. The van der Waals surface area contributed by atoms with Gasteiger partial charge in [0.25, 0.3) is 5.91 Å². The zero-order valence-corrected chi connectivity index (χ0v) is 14.1. The molecule has 1 aliphatic rings. The molecular formula is C19H21N5O. The van der Waals surface area contributed by atoms with Crippen LogP contribution in [0, 0.1) is 0 Å². The number of amides is 1. The molecule has 2 aromatic heterocycles. The second kappa shape index (κ2) is 6.93. The molecule has 0 spiro atoms. The molecule has 6 heteroatoms. The molecule has 3 aromatic rings. The van der Waals surface area contributed by atoms with E-state index in [2.05, 4.69) is 32.2 Å². The Morgan fingerprint density at radius 1 is 1.12 bits per heavy atom. The van der Waals surface area contributed by atoms with Crippen molar-refractivity contribution in [2.45, 2.75) is 38.9 Å². The highest BCUT2D eigenvalue weighted by Crippen LogP contribution is 2.14. The average Bonchev–Trinajstić information content (AvgIpc) is 3.36. The standard InChI is InChI=1S/C19H21N5O/c25-19(20-14-18-22-21-17-9-5-12-24(17)18)16-8-4-11-23(16)13-10-15-6-2-1-3-7-15/h1-4,6-8,11H,5,9-10,12-14H2,(H,20,25). The minimum absolute atomic E-state index is 0.0755. The van der Waals surface area contributed by atoms with Gasteiger partial charge in [-0.15, -0.1) is 10.2 Å². The van der Waals surface area contributed by atoms with Crippen molar-refractivity contribution in [3.8, 4) is 0 Å². The number of hydrogen-bond donors (Lipinski definition) is 1. The first-order valence-electron chi connectivity index (χ1n) is 8.69. The number of nitrogens with one attached hydrogen (secondary N) is 1. The number of rotatable bonds is 6. The van der Waals surface area contributed by atoms with Crippen LogP contribution in [0.5, 0.6) is 0 Å². The van der Waals surface area contributed by atoms with E-state index < -0.39 is 0 Å². The van der Waals surface area contributed by atoms with Gasteiger partial charge in [0.15, 0.2) is 5.82 Å². The molecule has 0 saturated heterocycles. The molecule has 0 aliphatic carbocycles. The van der Waals surface area contributed by atoms with E-state index in [-0.39, 0.29) is 5.91 Å². The zero-order valence-electron chi connectivity index (χ0n) is 14.1. The third-order valence-corrected chi connectivity index (χ3v) is 4.64. The molecule has 1 amide bonds. The molecular weight excluding hydrogens is 314 g/mol. The molecule has 0 radical (unpaired) electrons. The summed E-state index contributed by atoms with van der Waals surface area (Å²) in [5.74, 6) is 1.78. The van der Waals surface area contributed by atoms with Crippen molar-refractivity contribution in [2.24, 2.45) is 0 Å². The first kappa shape index (κ1) is 15.6. The number of aromatic nitrogens is 4. The Morgan fingerprint density at radius 2 is 2.00 bits per heavy atom. The third-order valence-electron chi connectivity index (χ3n) is 4.64. The predicted octanol–water partition coefficient (Wildman–Crippen LogP) is 2.20. The molecule has 25 heavy (non-hydrogen) atoms. The maximum absolute atomic E-state index is 12.5. The van der Waals surface area contributed by atoms with Gasteiger partial charge >= 0.3 is 0 Å². The number of hydrogen-bond acceptors (Lipinski definition) is 3. The Morgan fingerprint density at radius 3 is 2.88 bits per heavy atom. The van der Waals surface area contributed by atoms with Gasteiger partial charge in [0.1, 0.15) is 11.5 Å². The Bertz CT molecular complexity index is 865. The van der Waals surface area contributed by atoms with Crippen LogP contribution in [-0.2, 0) is 32.5 Å². The van der Waals surface area contributed by atoms with Crippen molar-refractivity contribution in [3.63, 3.8) is 0 Å². The van der Waals surface area contributed by atoms with E-state index in [0.29, 0.717) is 12.2 Å². The number of carbonyl (C=O) groups is 1. The van der Waals surface area contributed by atoms with Crippen LogP contribution in [0.15, 0.2) is 48.7 Å². The lowest BCUT2D eigenvalue weighted by Gasteiger charge is -2.10. The van der Waals surface area contributed by atoms with Crippen LogP contribution in [0.4, 0.5) is 0 Å². The van der Waals surface area contributed by atoms with Crippen LogP contribution >= 0.6 is 0 Å². The Labute approximate surface area is 146 Å². The SMILES string of the molecule is O=C(NCc1nnc2n1CCC2)c1cccn1CCc1ccccc1. The lowest BCUT2D eigenvalue weighted by Crippen LogP contribution is -2.27. The van der Waals surface area contributed by atoms with Crippen molar-refractivity contribution in [1.82, 2.24) is 24.6 Å². The molecule has 3 heterocycles. The second-order valence-electron chi connectivity index (χ2n) is 6.29. The van der Waals surface area contributed by atoms with Gasteiger partial charge in [-0.05, 0) is 30.5 Å². The normalized spacial score (nSPS) is 13.0. The maximum atomic E-state index is 12.5. The van der Waals surface area contributed by atoms with E-state index in [1.54, 1.807) is 0 Å². The first-order chi connectivity index (χ1) is 12.3. The van der Waals surface area contributed by atoms with E-state index in [1.807, 2.05) is 41.1 Å². The molecule has 0 fully saturated rings. The van der Waals surface area contributed by atoms with Gasteiger partial charge in [-0.2, -0.15) is 0 Å². The summed E-state index contributed by atoms with van der Waals surface area (Å²) in [4.78, 5) is 12.5. The van der Waals surface area contributed by atoms with Gasteiger partial charge < -0.3 is 14.5 Å². The lowest BCUT2D eigenvalue weighted by atomic mass is 10.1. The number of carbonyl (C=O) groups excluding carboxylic acids is 1. The number of fused-ring (bicyclic) bond motifs is 1. The molecule has 1 aliphatic heterocycles. The van der Waals surface area contributed by atoms with Crippen molar-refractivity contribution in [3.05, 3.63) is 71.6 Å². The highest BCUT2D eigenvalue weighted by atomic mass is 16.1. The molecule has 1 N–H and O–H groups in total. The van der Waals surface area contributed by atoms with Gasteiger partial charge in [-0.25, -0.2) is 0 Å². The fourth-order valence-electron chi connectivity index (χ4n) is 3.30. The van der Waals surface area contributed by atoms with Gasteiger partial charge in [-0.1, -0.05) is 30.3 Å². The van der Waals surface area contributed by atoms with Gasteiger partial charge in [-0.3, -0.25) is 4.79 Å². The average molecular weight is 335 g/mol. The fourth-order valence-corrected chi connectivity index (χ4v) is 3.30. The molecule has 0 bridgehead atoms. The molecule has 1 aromatic carbocycles. The minimum atomic E-state index is -0.0755. The van der Waals surface area contributed by atoms with Crippen molar-refractivity contribution >= 4 is 5.91 Å². The summed E-state index contributed by atoms with van der Waals surface area (Å²) in [5, 5.41) is 11.3. The van der Waals surface area contributed by atoms with E-state index in [4.69, 9.17) is 0 Å². The van der Waals surface area contributed by atoms with Crippen LogP contribution in [0.3, 0.4) is 0 Å². The van der Waals surface area contributed by atoms with Gasteiger partial charge in [0, 0.05) is 25.7 Å². The number of nitrogens with zero attached hydrogens (tertiary/aromatic N) is 4. The summed E-state index contributed by atoms with van der Waals surface area (Å²) in [6.07, 6.45) is 4.93. The third kappa shape index (κ3) is 3.33. The van der Waals surface area contributed by atoms with E-state index in [9.17, 15) is 4.79 Å².